The number of amides is 1. The number of carbonyl (C=O) groups excluding carboxylic acids is 1. The van der Waals surface area contributed by atoms with Crippen molar-refractivity contribution in [2.75, 3.05) is 5.32 Å². The Hall–Kier alpha value is -2.73. The quantitative estimate of drug-likeness (QED) is 0.590. The van der Waals surface area contributed by atoms with E-state index in [9.17, 15) is 4.79 Å². The van der Waals surface area contributed by atoms with Crippen LogP contribution < -0.4 is 5.32 Å². The molecule has 0 aliphatic heterocycles. The summed E-state index contributed by atoms with van der Waals surface area (Å²) in [6, 6.07) is 11.4. The first-order valence-electron chi connectivity index (χ1n) is 8.33. The van der Waals surface area contributed by atoms with E-state index in [1.54, 1.807) is 11.6 Å². The summed E-state index contributed by atoms with van der Waals surface area (Å²) in [6.07, 6.45) is 0.888. The fourth-order valence-corrected chi connectivity index (χ4v) is 3.80. The minimum Gasteiger partial charge on any atom is -0.328 e. The lowest BCUT2D eigenvalue weighted by molar-refractivity contribution is 0.102. The maximum Gasteiger partial charge on any atom is 0.255 e. The molecule has 4 rings (SSSR count). The molecule has 0 bridgehead atoms. The third-order valence-corrected chi connectivity index (χ3v) is 5.10. The molecule has 4 aromatic rings. The van der Waals surface area contributed by atoms with E-state index in [4.69, 9.17) is 0 Å². The van der Waals surface area contributed by atoms with E-state index >= 15 is 0 Å². The Morgan fingerprint density at radius 2 is 2.04 bits per heavy atom. The average Bonchev–Trinajstić information content (AvgIpc) is 3.23. The van der Waals surface area contributed by atoms with Crippen molar-refractivity contribution in [3.63, 3.8) is 0 Å². The summed E-state index contributed by atoms with van der Waals surface area (Å²) < 4.78 is 3.22. The number of carbonyl (C=O) groups is 1. The van der Waals surface area contributed by atoms with Crippen molar-refractivity contribution in [3.8, 4) is 0 Å². The van der Waals surface area contributed by atoms with E-state index in [1.807, 2.05) is 30.3 Å². The number of aromatic nitrogens is 3. The molecule has 0 aliphatic rings. The van der Waals surface area contributed by atoms with Crippen molar-refractivity contribution in [1.82, 2.24) is 14.5 Å². The highest BCUT2D eigenvalue weighted by molar-refractivity contribution is 7.16. The molecule has 0 unspecified atom stereocenters. The monoisotopic (exact) mass is 350 g/mol. The third kappa shape index (κ3) is 2.78. The number of fused-ring (bicyclic) bond motifs is 2. The lowest BCUT2D eigenvalue weighted by Gasteiger charge is -2.06. The summed E-state index contributed by atoms with van der Waals surface area (Å²) in [5.74, 6) is 0.942. The number of aryl methyl sites for hydroxylation is 2. The van der Waals surface area contributed by atoms with Gasteiger partial charge in [-0.15, -0.1) is 11.3 Å². The van der Waals surface area contributed by atoms with Crippen molar-refractivity contribution in [2.24, 2.45) is 0 Å². The molecular weight excluding hydrogens is 332 g/mol. The SMILES string of the molecule is CCc1nc2cc(NC(=O)c3ccc4ncsc4c3)ccc2n1CC. The number of benzene rings is 2. The predicted molar refractivity (Wildman–Crippen MR) is 102 cm³/mol. The van der Waals surface area contributed by atoms with Crippen LogP contribution in [-0.2, 0) is 13.0 Å². The van der Waals surface area contributed by atoms with E-state index < -0.39 is 0 Å². The van der Waals surface area contributed by atoms with E-state index in [-0.39, 0.29) is 5.91 Å². The van der Waals surface area contributed by atoms with Crippen LogP contribution >= 0.6 is 11.3 Å². The summed E-state index contributed by atoms with van der Waals surface area (Å²) in [7, 11) is 0. The van der Waals surface area contributed by atoms with Crippen LogP contribution in [0.25, 0.3) is 21.3 Å². The topological polar surface area (TPSA) is 59.8 Å². The largest absolute Gasteiger partial charge is 0.328 e. The van der Waals surface area contributed by atoms with Crippen LogP contribution in [0.3, 0.4) is 0 Å². The fourth-order valence-electron chi connectivity index (χ4n) is 3.08. The second-order valence-electron chi connectivity index (χ2n) is 5.82. The van der Waals surface area contributed by atoms with E-state index in [0.29, 0.717) is 5.56 Å². The summed E-state index contributed by atoms with van der Waals surface area (Å²) in [5, 5.41) is 2.97. The van der Waals surface area contributed by atoms with Gasteiger partial charge < -0.3 is 9.88 Å². The Balaban J connectivity index is 1.64. The molecule has 0 radical (unpaired) electrons. The molecule has 5 nitrogen and oxygen atoms in total. The standard InChI is InChI=1S/C19H18N4OS/c1-3-18-22-15-10-13(6-8-16(15)23(18)4-2)21-19(24)12-5-7-14-17(9-12)25-11-20-14/h5-11H,3-4H2,1-2H3,(H,21,24). The van der Waals surface area contributed by atoms with Gasteiger partial charge in [0.15, 0.2) is 0 Å². The summed E-state index contributed by atoms with van der Waals surface area (Å²) in [4.78, 5) is 21.5. The number of hydrogen-bond acceptors (Lipinski definition) is 4. The number of thiazole rings is 1. The van der Waals surface area contributed by atoms with Crippen molar-refractivity contribution in [1.29, 1.82) is 0 Å². The second kappa shape index (κ2) is 6.29. The van der Waals surface area contributed by atoms with Crippen LogP contribution in [-0.4, -0.2) is 20.4 Å². The highest BCUT2D eigenvalue weighted by atomic mass is 32.1. The van der Waals surface area contributed by atoms with Crippen LogP contribution in [0.4, 0.5) is 5.69 Å². The van der Waals surface area contributed by atoms with Gasteiger partial charge in [0.2, 0.25) is 0 Å². The van der Waals surface area contributed by atoms with Crippen molar-refractivity contribution in [3.05, 3.63) is 53.3 Å². The Morgan fingerprint density at radius 1 is 1.16 bits per heavy atom. The number of anilines is 1. The van der Waals surface area contributed by atoms with Crippen LogP contribution in [0, 0.1) is 0 Å². The molecular formula is C19H18N4OS. The number of hydrogen-bond donors (Lipinski definition) is 1. The lowest BCUT2D eigenvalue weighted by atomic mass is 10.2. The maximum absolute atomic E-state index is 12.5. The van der Waals surface area contributed by atoms with Crippen LogP contribution in [0.15, 0.2) is 41.9 Å². The molecule has 6 heteroatoms. The Labute approximate surface area is 149 Å². The van der Waals surface area contributed by atoms with Gasteiger partial charge in [0, 0.05) is 24.2 Å². The number of rotatable bonds is 4. The van der Waals surface area contributed by atoms with Crippen LogP contribution in [0.2, 0.25) is 0 Å². The molecule has 2 aromatic carbocycles. The first-order chi connectivity index (χ1) is 12.2. The normalized spacial score (nSPS) is 11.3. The molecule has 0 saturated heterocycles. The van der Waals surface area contributed by atoms with Crippen LogP contribution in [0.5, 0.6) is 0 Å². The van der Waals surface area contributed by atoms with E-state index in [2.05, 4.69) is 33.7 Å². The molecule has 25 heavy (non-hydrogen) atoms. The van der Waals surface area contributed by atoms with Gasteiger partial charge in [-0.2, -0.15) is 0 Å². The van der Waals surface area contributed by atoms with Gasteiger partial charge in [0.05, 0.1) is 26.8 Å². The summed E-state index contributed by atoms with van der Waals surface area (Å²) >= 11 is 1.53. The minimum absolute atomic E-state index is 0.125. The molecule has 126 valence electrons. The van der Waals surface area contributed by atoms with Gasteiger partial charge in [-0.1, -0.05) is 6.92 Å². The molecule has 0 fully saturated rings. The summed E-state index contributed by atoms with van der Waals surface area (Å²) in [6.45, 7) is 5.11. The smallest absolute Gasteiger partial charge is 0.255 e. The lowest BCUT2D eigenvalue weighted by Crippen LogP contribution is -2.11. The van der Waals surface area contributed by atoms with Crippen molar-refractivity contribution >= 4 is 44.2 Å². The van der Waals surface area contributed by atoms with Gasteiger partial charge >= 0.3 is 0 Å². The van der Waals surface area contributed by atoms with Gasteiger partial charge in [0.25, 0.3) is 5.91 Å². The third-order valence-electron chi connectivity index (χ3n) is 4.31. The highest BCUT2D eigenvalue weighted by Crippen LogP contribution is 2.23. The van der Waals surface area contributed by atoms with Crippen molar-refractivity contribution < 1.29 is 4.79 Å². The second-order valence-corrected chi connectivity index (χ2v) is 6.70. The maximum atomic E-state index is 12.5. The minimum atomic E-state index is -0.125. The van der Waals surface area contributed by atoms with Gasteiger partial charge in [0.1, 0.15) is 5.82 Å². The zero-order valence-corrected chi connectivity index (χ0v) is 14.9. The number of nitrogens with one attached hydrogen (secondary N) is 1. The van der Waals surface area contributed by atoms with Crippen molar-refractivity contribution in [2.45, 2.75) is 26.8 Å². The van der Waals surface area contributed by atoms with Gasteiger partial charge in [-0.3, -0.25) is 4.79 Å². The Morgan fingerprint density at radius 3 is 2.84 bits per heavy atom. The molecule has 2 heterocycles. The molecule has 0 spiro atoms. The van der Waals surface area contributed by atoms with Gasteiger partial charge in [-0.05, 0) is 43.3 Å². The molecule has 1 N–H and O–H groups in total. The predicted octanol–water partition coefficient (Wildman–Crippen LogP) is 4.48. The van der Waals surface area contributed by atoms with Crippen LogP contribution in [0.1, 0.15) is 30.0 Å². The van der Waals surface area contributed by atoms with E-state index in [1.165, 1.54) is 11.3 Å². The highest BCUT2D eigenvalue weighted by Gasteiger charge is 2.11. The molecule has 2 aromatic heterocycles. The zero-order chi connectivity index (χ0) is 17.4. The Bertz CT molecular complexity index is 1080. The number of nitrogens with zero attached hydrogens (tertiary/aromatic N) is 3. The average molecular weight is 350 g/mol. The summed E-state index contributed by atoms with van der Waals surface area (Å²) in [5.41, 5.74) is 6.10. The fraction of sp³-hybridized carbons (Fsp3) is 0.211. The van der Waals surface area contributed by atoms with Gasteiger partial charge in [-0.25, -0.2) is 9.97 Å². The number of imidazole rings is 1. The Kier molecular flexibility index (Phi) is 3.97. The first-order valence-corrected chi connectivity index (χ1v) is 9.21. The molecule has 0 aliphatic carbocycles. The van der Waals surface area contributed by atoms with E-state index in [0.717, 1.165) is 45.7 Å². The molecule has 0 saturated carbocycles. The zero-order valence-electron chi connectivity index (χ0n) is 14.1. The molecule has 0 atom stereocenters. The first kappa shape index (κ1) is 15.8. The molecule has 1 amide bonds.